The zero-order valence-corrected chi connectivity index (χ0v) is 10.4. The van der Waals surface area contributed by atoms with Crippen molar-refractivity contribution in [1.29, 1.82) is 5.26 Å². The summed E-state index contributed by atoms with van der Waals surface area (Å²) in [7, 11) is 0. The number of benzene rings is 2. The minimum atomic E-state index is -4.42. The highest BCUT2D eigenvalue weighted by Crippen LogP contribution is 2.32. The van der Waals surface area contributed by atoms with Crippen LogP contribution in [0.25, 0.3) is 11.1 Å². The number of hydrogen-bond donors (Lipinski definition) is 0. The summed E-state index contributed by atoms with van der Waals surface area (Å²) in [5, 5.41) is 19.6. The molecule has 0 atom stereocenters. The predicted octanol–water partition coefficient (Wildman–Crippen LogP) is 4.15. The van der Waals surface area contributed by atoms with Crippen LogP contribution in [0, 0.1) is 21.4 Å². The van der Waals surface area contributed by atoms with Gasteiger partial charge in [-0.15, -0.1) is 0 Å². The van der Waals surface area contributed by atoms with Gasteiger partial charge in [0.05, 0.1) is 10.5 Å². The molecular formula is C14H7F3N2O2. The Kier molecular flexibility index (Phi) is 3.63. The van der Waals surface area contributed by atoms with Crippen molar-refractivity contribution in [2.24, 2.45) is 0 Å². The molecule has 0 N–H and O–H groups in total. The maximum Gasteiger partial charge on any atom is 0.416 e. The third-order valence-electron chi connectivity index (χ3n) is 2.86. The van der Waals surface area contributed by atoms with Crippen molar-refractivity contribution in [3.05, 3.63) is 63.7 Å². The molecule has 0 aliphatic carbocycles. The minimum absolute atomic E-state index is 0.141. The summed E-state index contributed by atoms with van der Waals surface area (Å²) in [5.41, 5.74) is -0.389. The van der Waals surface area contributed by atoms with Gasteiger partial charge in [0.1, 0.15) is 11.6 Å². The summed E-state index contributed by atoms with van der Waals surface area (Å²) in [6, 6.07) is 9.88. The molecule has 7 heteroatoms. The molecule has 21 heavy (non-hydrogen) atoms. The van der Waals surface area contributed by atoms with E-state index in [0.29, 0.717) is 11.1 Å². The van der Waals surface area contributed by atoms with Crippen molar-refractivity contribution >= 4 is 5.69 Å². The van der Waals surface area contributed by atoms with Gasteiger partial charge in [-0.1, -0.05) is 12.1 Å². The van der Waals surface area contributed by atoms with Gasteiger partial charge in [0.15, 0.2) is 0 Å². The quantitative estimate of drug-likeness (QED) is 0.616. The first-order valence-electron chi connectivity index (χ1n) is 5.69. The number of nitrogens with zero attached hydrogens (tertiary/aromatic N) is 2. The largest absolute Gasteiger partial charge is 0.416 e. The van der Waals surface area contributed by atoms with Crippen molar-refractivity contribution in [2.45, 2.75) is 6.18 Å². The Morgan fingerprint density at radius 3 is 2.10 bits per heavy atom. The first-order valence-corrected chi connectivity index (χ1v) is 5.69. The van der Waals surface area contributed by atoms with E-state index in [4.69, 9.17) is 5.26 Å². The number of nitro groups is 1. The van der Waals surface area contributed by atoms with E-state index >= 15 is 0 Å². The van der Waals surface area contributed by atoms with Gasteiger partial charge in [0.25, 0.3) is 5.69 Å². The Morgan fingerprint density at radius 2 is 1.62 bits per heavy atom. The van der Waals surface area contributed by atoms with Crippen molar-refractivity contribution in [1.82, 2.24) is 0 Å². The second kappa shape index (κ2) is 5.25. The fraction of sp³-hybridized carbons (Fsp3) is 0.0714. The summed E-state index contributed by atoms with van der Waals surface area (Å²) in [5.74, 6) is 0. The third-order valence-corrected chi connectivity index (χ3v) is 2.86. The molecule has 2 rings (SSSR count). The molecule has 0 aromatic heterocycles. The first-order chi connectivity index (χ1) is 9.82. The van der Waals surface area contributed by atoms with Gasteiger partial charge < -0.3 is 0 Å². The minimum Gasteiger partial charge on any atom is -0.258 e. The maximum absolute atomic E-state index is 12.5. The van der Waals surface area contributed by atoms with Gasteiger partial charge in [-0.05, 0) is 35.4 Å². The zero-order valence-electron chi connectivity index (χ0n) is 10.4. The first kappa shape index (κ1) is 14.5. The van der Waals surface area contributed by atoms with Crippen LogP contribution in [0.5, 0.6) is 0 Å². The van der Waals surface area contributed by atoms with Gasteiger partial charge >= 0.3 is 6.18 Å². The summed E-state index contributed by atoms with van der Waals surface area (Å²) in [6.07, 6.45) is -4.42. The molecule has 2 aromatic rings. The second-order valence-corrected chi connectivity index (χ2v) is 4.18. The molecule has 0 fully saturated rings. The maximum atomic E-state index is 12.5. The zero-order chi connectivity index (χ0) is 15.6. The van der Waals surface area contributed by atoms with Crippen molar-refractivity contribution in [3.63, 3.8) is 0 Å². The van der Waals surface area contributed by atoms with Crippen LogP contribution in [0.2, 0.25) is 0 Å². The molecule has 4 nitrogen and oxygen atoms in total. The molecule has 106 valence electrons. The SMILES string of the molecule is N#Cc1cc(-c2ccc(C(F)(F)F)cc2)ccc1[N+](=O)[O-]. The lowest BCUT2D eigenvalue weighted by atomic mass is 10.0. The van der Waals surface area contributed by atoms with Crippen LogP contribution in [0.4, 0.5) is 18.9 Å². The Bertz CT molecular complexity index is 731. The summed E-state index contributed by atoms with van der Waals surface area (Å²) in [6.45, 7) is 0. The summed E-state index contributed by atoms with van der Waals surface area (Å²) >= 11 is 0. The Labute approximate surface area is 117 Å². The van der Waals surface area contributed by atoms with E-state index in [1.165, 1.54) is 24.3 Å². The van der Waals surface area contributed by atoms with E-state index in [0.717, 1.165) is 18.2 Å². The van der Waals surface area contributed by atoms with Gasteiger partial charge in [-0.3, -0.25) is 10.1 Å². The molecule has 0 saturated carbocycles. The fourth-order valence-corrected chi connectivity index (χ4v) is 1.82. The molecule has 0 spiro atoms. The lowest BCUT2D eigenvalue weighted by molar-refractivity contribution is -0.385. The molecule has 0 aliphatic rings. The summed E-state index contributed by atoms with van der Waals surface area (Å²) < 4.78 is 37.4. The number of rotatable bonds is 2. The number of halogens is 3. The molecule has 0 bridgehead atoms. The van der Waals surface area contributed by atoms with Crippen LogP contribution in [0.3, 0.4) is 0 Å². The average Bonchev–Trinajstić information content (AvgIpc) is 2.45. The second-order valence-electron chi connectivity index (χ2n) is 4.18. The molecule has 2 aromatic carbocycles. The van der Waals surface area contributed by atoms with Gasteiger partial charge in [0.2, 0.25) is 0 Å². The standard InChI is InChI=1S/C14H7F3N2O2/c15-14(16,17)12-4-1-9(2-5-12)10-3-6-13(19(20)21)11(7-10)8-18/h1-7H. The van der Waals surface area contributed by atoms with Gasteiger partial charge in [0, 0.05) is 6.07 Å². The Balaban J connectivity index is 2.44. The average molecular weight is 292 g/mol. The molecule has 0 unspecified atom stereocenters. The smallest absolute Gasteiger partial charge is 0.258 e. The van der Waals surface area contributed by atoms with Crippen molar-refractivity contribution in [3.8, 4) is 17.2 Å². The topological polar surface area (TPSA) is 66.9 Å². The lowest BCUT2D eigenvalue weighted by Gasteiger charge is -2.08. The van der Waals surface area contributed by atoms with Crippen molar-refractivity contribution < 1.29 is 18.1 Å². The van der Waals surface area contributed by atoms with E-state index in [2.05, 4.69) is 0 Å². The van der Waals surface area contributed by atoms with Crippen molar-refractivity contribution in [2.75, 3.05) is 0 Å². The van der Waals surface area contributed by atoms with Crippen LogP contribution < -0.4 is 0 Å². The molecule has 0 aliphatic heterocycles. The Morgan fingerprint density at radius 1 is 1.05 bits per heavy atom. The monoisotopic (exact) mass is 292 g/mol. The summed E-state index contributed by atoms with van der Waals surface area (Å²) in [4.78, 5) is 10.0. The van der Waals surface area contributed by atoms with Gasteiger partial charge in [-0.25, -0.2) is 0 Å². The van der Waals surface area contributed by atoms with E-state index in [1.54, 1.807) is 6.07 Å². The van der Waals surface area contributed by atoms with Crippen LogP contribution in [-0.2, 0) is 6.18 Å². The highest BCUT2D eigenvalue weighted by atomic mass is 19.4. The van der Waals surface area contributed by atoms with Gasteiger partial charge in [-0.2, -0.15) is 18.4 Å². The normalized spacial score (nSPS) is 11.0. The highest BCUT2D eigenvalue weighted by Gasteiger charge is 2.30. The van der Waals surface area contributed by atoms with Crippen LogP contribution in [0.15, 0.2) is 42.5 Å². The van der Waals surface area contributed by atoms with Crippen LogP contribution in [0.1, 0.15) is 11.1 Å². The third kappa shape index (κ3) is 3.00. The number of nitro benzene ring substituents is 1. The number of hydrogen-bond acceptors (Lipinski definition) is 3. The molecule has 0 saturated heterocycles. The van der Waals surface area contributed by atoms with E-state index in [9.17, 15) is 23.3 Å². The Hall–Kier alpha value is -2.88. The molecule has 0 heterocycles. The number of alkyl halides is 3. The fourth-order valence-electron chi connectivity index (χ4n) is 1.82. The molecule has 0 amide bonds. The lowest BCUT2D eigenvalue weighted by Crippen LogP contribution is -2.04. The number of nitriles is 1. The van der Waals surface area contributed by atoms with Crippen LogP contribution >= 0.6 is 0 Å². The predicted molar refractivity (Wildman–Crippen MR) is 68.2 cm³/mol. The molecular weight excluding hydrogens is 285 g/mol. The van der Waals surface area contributed by atoms with Crippen LogP contribution in [-0.4, -0.2) is 4.92 Å². The highest BCUT2D eigenvalue weighted by molar-refractivity contribution is 5.68. The molecule has 0 radical (unpaired) electrons. The van der Waals surface area contributed by atoms with E-state index < -0.39 is 16.7 Å². The van der Waals surface area contributed by atoms with E-state index in [-0.39, 0.29) is 11.3 Å². The van der Waals surface area contributed by atoms with E-state index in [1.807, 2.05) is 0 Å².